The van der Waals surface area contributed by atoms with Crippen molar-refractivity contribution in [3.63, 3.8) is 0 Å². The fraction of sp³-hybridized carbons (Fsp3) is 0.467. The molecule has 1 N–H and O–H groups in total. The van der Waals surface area contributed by atoms with Crippen LogP contribution in [0.2, 0.25) is 15.1 Å². The largest absolute Gasteiger partial charge is 0.449 e. The molecule has 4 nitrogen and oxygen atoms in total. The van der Waals surface area contributed by atoms with Crippen LogP contribution in [0.4, 0.5) is 0 Å². The predicted octanol–water partition coefficient (Wildman–Crippen LogP) is 4.25. The molecule has 1 aromatic rings. The van der Waals surface area contributed by atoms with Crippen LogP contribution in [0.5, 0.6) is 0 Å². The van der Waals surface area contributed by atoms with Gasteiger partial charge in [-0.1, -0.05) is 47.6 Å². The van der Waals surface area contributed by atoms with Gasteiger partial charge in [0.25, 0.3) is 5.91 Å². The van der Waals surface area contributed by atoms with E-state index in [2.05, 4.69) is 5.32 Å². The average Bonchev–Trinajstić information content (AvgIpc) is 2.96. The van der Waals surface area contributed by atoms with Crippen molar-refractivity contribution >= 4 is 46.7 Å². The lowest BCUT2D eigenvalue weighted by Crippen LogP contribution is -2.40. The fourth-order valence-corrected chi connectivity index (χ4v) is 3.06. The molecule has 1 amide bonds. The third-order valence-electron chi connectivity index (χ3n) is 3.60. The van der Waals surface area contributed by atoms with Gasteiger partial charge in [-0.2, -0.15) is 0 Å². The molecule has 0 heterocycles. The zero-order valence-electron chi connectivity index (χ0n) is 12.0. The van der Waals surface area contributed by atoms with Gasteiger partial charge in [-0.15, -0.1) is 0 Å². The summed E-state index contributed by atoms with van der Waals surface area (Å²) in [6, 6.07) is 3.10. The van der Waals surface area contributed by atoms with Gasteiger partial charge < -0.3 is 10.1 Å². The number of carbonyl (C=O) groups excluding carboxylic acids is 2. The zero-order valence-corrected chi connectivity index (χ0v) is 14.3. The van der Waals surface area contributed by atoms with Gasteiger partial charge in [-0.25, -0.2) is 4.79 Å². The van der Waals surface area contributed by atoms with E-state index in [0.29, 0.717) is 0 Å². The number of hydrogen-bond acceptors (Lipinski definition) is 3. The smallest absolute Gasteiger partial charge is 0.342 e. The Morgan fingerprint density at radius 3 is 2.41 bits per heavy atom. The highest BCUT2D eigenvalue weighted by Gasteiger charge is 2.26. The maximum atomic E-state index is 12.2. The van der Waals surface area contributed by atoms with Crippen molar-refractivity contribution in [3.8, 4) is 0 Å². The third-order valence-corrected chi connectivity index (χ3v) is 4.72. The zero-order chi connectivity index (χ0) is 16.3. The Balaban J connectivity index is 2.02. The highest BCUT2D eigenvalue weighted by Crippen LogP contribution is 2.32. The van der Waals surface area contributed by atoms with Crippen LogP contribution >= 0.6 is 34.8 Å². The number of amides is 1. The predicted molar refractivity (Wildman–Crippen MR) is 86.7 cm³/mol. The molecule has 7 heteroatoms. The van der Waals surface area contributed by atoms with Crippen molar-refractivity contribution in [2.24, 2.45) is 0 Å². The Morgan fingerprint density at radius 2 is 1.77 bits per heavy atom. The van der Waals surface area contributed by atoms with Gasteiger partial charge in [-0.05, 0) is 31.9 Å². The molecule has 1 fully saturated rings. The molecule has 1 aromatic carbocycles. The van der Waals surface area contributed by atoms with Crippen LogP contribution in [-0.4, -0.2) is 24.0 Å². The van der Waals surface area contributed by atoms with Gasteiger partial charge in [0, 0.05) is 6.04 Å². The maximum absolute atomic E-state index is 12.2. The van der Waals surface area contributed by atoms with Crippen LogP contribution in [-0.2, 0) is 9.53 Å². The first kappa shape index (κ1) is 17.4. The summed E-state index contributed by atoms with van der Waals surface area (Å²) in [5.41, 5.74) is -0.0312. The molecular weight excluding hydrogens is 349 g/mol. The van der Waals surface area contributed by atoms with Crippen molar-refractivity contribution in [2.75, 3.05) is 0 Å². The van der Waals surface area contributed by atoms with Gasteiger partial charge >= 0.3 is 5.97 Å². The van der Waals surface area contributed by atoms with E-state index in [4.69, 9.17) is 39.5 Å². The van der Waals surface area contributed by atoms with Crippen LogP contribution < -0.4 is 5.32 Å². The van der Waals surface area contributed by atoms with Crippen molar-refractivity contribution in [3.05, 3.63) is 32.8 Å². The first-order valence-electron chi connectivity index (χ1n) is 7.05. The van der Waals surface area contributed by atoms with Crippen LogP contribution in [0, 0.1) is 0 Å². The molecule has 1 saturated carbocycles. The van der Waals surface area contributed by atoms with E-state index >= 15 is 0 Å². The Hall–Kier alpha value is -0.970. The van der Waals surface area contributed by atoms with Crippen molar-refractivity contribution < 1.29 is 14.3 Å². The molecular formula is C15H16Cl3NO3. The summed E-state index contributed by atoms with van der Waals surface area (Å²) in [6.45, 7) is 1.51. The summed E-state index contributed by atoms with van der Waals surface area (Å²) in [7, 11) is 0. The minimum Gasteiger partial charge on any atom is -0.449 e. The molecule has 0 bridgehead atoms. The molecule has 120 valence electrons. The molecule has 1 aliphatic carbocycles. The molecule has 0 saturated heterocycles. The number of benzene rings is 1. The average molecular weight is 365 g/mol. The Labute approximate surface area is 144 Å². The van der Waals surface area contributed by atoms with Crippen LogP contribution in [0.15, 0.2) is 12.1 Å². The highest BCUT2D eigenvalue weighted by molar-refractivity contribution is 6.46. The molecule has 0 spiro atoms. The summed E-state index contributed by atoms with van der Waals surface area (Å²) in [4.78, 5) is 24.2. The maximum Gasteiger partial charge on any atom is 0.342 e. The summed E-state index contributed by atoms with van der Waals surface area (Å²) in [5, 5.41) is 3.21. The number of halogens is 3. The summed E-state index contributed by atoms with van der Waals surface area (Å²) < 4.78 is 5.15. The normalized spacial score (nSPS) is 16.4. The fourth-order valence-electron chi connectivity index (χ4n) is 2.38. The monoisotopic (exact) mass is 363 g/mol. The van der Waals surface area contributed by atoms with Gasteiger partial charge in [0.1, 0.15) is 0 Å². The number of rotatable bonds is 4. The molecule has 2 rings (SSSR count). The van der Waals surface area contributed by atoms with E-state index in [1.54, 1.807) is 0 Å². The first-order valence-corrected chi connectivity index (χ1v) is 8.18. The van der Waals surface area contributed by atoms with Gasteiger partial charge in [-0.3, -0.25) is 4.79 Å². The van der Waals surface area contributed by atoms with E-state index < -0.39 is 12.1 Å². The Morgan fingerprint density at radius 1 is 1.18 bits per heavy atom. The second-order valence-corrected chi connectivity index (χ2v) is 6.45. The molecule has 0 radical (unpaired) electrons. The number of hydrogen-bond donors (Lipinski definition) is 1. The molecule has 1 aliphatic rings. The van der Waals surface area contributed by atoms with Crippen LogP contribution in [0.3, 0.4) is 0 Å². The van der Waals surface area contributed by atoms with Gasteiger partial charge in [0.2, 0.25) is 0 Å². The van der Waals surface area contributed by atoms with E-state index in [9.17, 15) is 9.59 Å². The lowest BCUT2D eigenvalue weighted by atomic mass is 10.2. The molecule has 22 heavy (non-hydrogen) atoms. The lowest BCUT2D eigenvalue weighted by Gasteiger charge is -2.17. The summed E-state index contributed by atoms with van der Waals surface area (Å²) in [6.07, 6.45) is 3.19. The number of ether oxygens (including phenoxy) is 1. The lowest BCUT2D eigenvalue weighted by molar-refractivity contribution is -0.129. The van der Waals surface area contributed by atoms with E-state index in [0.717, 1.165) is 25.7 Å². The highest BCUT2D eigenvalue weighted by atomic mass is 35.5. The van der Waals surface area contributed by atoms with Gasteiger partial charge in [0.05, 0.1) is 20.6 Å². The van der Waals surface area contributed by atoms with Crippen molar-refractivity contribution in [2.45, 2.75) is 44.8 Å². The number of esters is 1. The minimum absolute atomic E-state index is 0.0163. The van der Waals surface area contributed by atoms with Crippen molar-refractivity contribution in [1.29, 1.82) is 0 Å². The van der Waals surface area contributed by atoms with E-state index in [1.165, 1.54) is 19.1 Å². The quantitative estimate of drug-likeness (QED) is 0.642. The number of carbonyl (C=O) groups is 2. The summed E-state index contributed by atoms with van der Waals surface area (Å²) in [5.74, 6) is -1.10. The van der Waals surface area contributed by atoms with E-state index in [1.807, 2.05) is 0 Å². The van der Waals surface area contributed by atoms with Crippen molar-refractivity contribution in [1.82, 2.24) is 5.32 Å². The first-order chi connectivity index (χ1) is 10.4. The topological polar surface area (TPSA) is 55.4 Å². The van der Waals surface area contributed by atoms with Crippen LogP contribution in [0.25, 0.3) is 0 Å². The SMILES string of the molecule is C[C@@H](OC(=O)c1c(Cl)ccc(Cl)c1Cl)C(=O)NC1CCCC1. The Kier molecular flexibility index (Phi) is 5.95. The van der Waals surface area contributed by atoms with E-state index in [-0.39, 0.29) is 32.6 Å². The second-order valence-electron chi connectivity index (χ2n) is 5.26. The summed E-state index contributed by atoms with van der Waals surface area (Å²) >= 11 is 17.8. The Bertz CT molecular complexity index is 586. The number of nitrogens with one attached hydrogen (secondary N) is 1. The van der Waals surface area contributed by atoms with Gasteiger partial charge in [0.15, 0.2) is 6.10 Å². The molecule has 0 aliphatic heterocycles. The van der Waals surface area contributed by atoms with Crippen LogP contribution in [0.1, 0.15) is 43.0 Å². The second kappa shape index (κ2) is 7.53. The standard InChI is InChI=1S/C15H16Cl3NO3/c1-8(14(20)19-9-4-2-3-5-9)22-15(21)12-10(16)6-7-11(17)13(12)18/h6-9H,2-5H2,1H3,(H,19,20)/t8-/m1/s1. The molecule has 1 atom stereocenters. The minimum atomic E-state index is -0.931. The third kappa shape index (κ3) is 4.06. The molecule has 0 unspecified atom stereocenters. The molecule has 0 aromatic heterocycles.